The van der Waals surface area contributed by atoms with Gasteiger partial charge in [0.2, 0.25) is 5.89 Å². The van der Waals surface area contributed by atoms with Crippen LogP contribution in [-0.4, -0.2) is 78.3 Å². The van der Waals surface area contributed by atoms with Gasteiger partial charge >= 0.3 is 0 Å². The number of aromatic nitrogens is 4. The van der Waals surface area contributed by atoms with Gasteiger partial charge in [-0.2, -0.15) is 10.1 Å². The minimum atomic E-state index is 0.0941. The van der Waals surface area contributed by atoms with Crippen LogP contribution in [-0.2, 0) is 22.4 Å². The van der Waals surface area contributed by atoms with E-state index in [1.165, 1.54) is 0 Å². The summed E-state index contributed by atoms with van der Waals surface area (Å²) in [5, 5.41) is 12.0. The van der Waals surface area contributed by atoms with Crippen molar-refractivity contribution in [3.8, 4) is 0 Å². The van der Waals surface area contributed by atoms with E-state index < -0.39 is 0 Å². The molecule has 9 nitrogen and oxygen atoms in total. The summed E-state index contributed by atoms with van der Waals surface area (Å²) in [5.74, 6) is 2.15. The van der Waals surface area contributed by atoms with Crippen LogP contribution >= 0.6 is 0 Å². The van der Waals surface area contributed by atoms with E-state index in [4.69, 9.17) is 14.0 Å². The van der Waals surface area contributed by atoms with Crippen LogP contribution in [0.1, 0.15) is 11.7 Å². The first-order chi connectivity index (χ1) is 12.2. The molecule has 0 saturated carbocycles. The maximum absolute atomic E-state index is 5.88. The van der Waals surface area contributed by atoms with Crippen LogP contribution < -0.4 is 4.90 Å². The lowest BCUT2D eigenvalue weighted by Gasteiger charge is -2.34. The van der Waals surface area contributed by atoms with Crippen LogP contribution in [0, 0.1) is 0 Å². The molecule has 1 atom stereocenters. The van der Waals surface area contributed by atoms with Crippen molar-refractivity contribution in [2.24, 2.45) is 0 Å². The lowest BCUT2D eigenvalue weighted by Crippen LogP contribution is -2.46. The number of hydrogen-bond donors (Lipinski definition) is 0. The number of ether oxygens (including phenoxy) is 2. The molecule has 0 aliphatic carbocycles. The topological polar surface area (TPSA) is 89.6 Å². The Morgan fingerprint density at radius 3 is 3.16 bits per heavy atom. The molecule has 1 aliphatic rings. The molecule has 0 radical (unpaired) electrons. The summed E-state index contributed by atoms with van der Waals surface area (Å²) in [6.07, 6.45) is 2.42. The van der Waals surface area contributed by atoms with Gasteiger partial charge in [0.25, 0.3) is 0 Å². The van der Waals surface area contributed by atoms with Crippen LogP contribution in [0.25, 0.3) is 0 Å². The summed E-state index contributed by atoms with van der Waals surface area (Å²) in [5.41, 5.74) is 0. The lowest BCUT2D eigenvalue weighted by atomic mass is 10.2. The molecule has 9 heteroatoms. The Kier molecular flexibility index (Phi) is 6.26. The third-order valence-electron chi connectivity index (χ3n) is 4.05. The van der Waals surface area contributed by atoms with Crippen molar-refractivity contribution in [2.45, 2.75) is 19.1 Å². The Balaban J connectivity index is 1.50. The van der Waals surface area contributed by atoms with Gasteiger partial charge in [-0.05, 0) is 12.1 Å². The Hall–Kier alpha value is -2.10. The minimum Gasteiger partial charge on any atom is -0.384 e. The van der Waals surface area contributed by atoms with E-state index in [2.05, 4.69) is 30.1 Å². The first-order valence-electron chi connectivity index (χ1n) is 8.38. The molecule has 0 bridgehead atoms. The monoisotopic (exact) mass is 348 g/mol. The van der Waals surface area contributed by atoms with Crippen LogP contribution in [0.2, 0.25) is 0 Å². The standard InChI is InChI=1S/C16H24N6O3/c1-21(15-4-3-6-17-19-15)10-13-11-22(7-9-24-13)12-16-18-14(20-25-16)5-8-23-2/h3-4,6,13H,5,7-12H2,1-2H3/t13-/m0/s1. The average Bonchev–Trinajstić information content (AvgIpc) is 3.08. The molecular formula is C16H24N6O3. The number of morpholine rings is 1. The van der Waals surface area contributed by atoms with E-state index in [0.717, 1.165) is 25.5 Å². The minimum absolute atomic E-state index is 0.0941. The number of likely N-dealkylation sites (N-methyl/N-ethyl adjacent to an activating group) is 1. The highest BCUT2D eigenvalue weighted by Gasteiger charge is 2.23. The summed E-state index contributed by atoms with van der Waals surface area (Å²) in [4.78, 5) is 8.73. The number of nitrogens with zero attached hydrogens (tertiary/aromatic N) is 6. The molecule has 2 aromatic rings. The molecule has 2 aromatic heterocycles. The molecule has 0 amide bonds. The fourth-order valence-electron chi connectivity index (χ4n) is 2.77. The van der Waals surface area contributed by atoms with E-state index >= 15 is 0 Å². The molecular weight excluding hydrogens is 324 g/mol. The highest BCUT2D eigenvalue weighted by molar-refractivity contribution is 5.35. The molecule has 1 fully saturated rings. The van der Waals surface area contributed by atoms with Gasteiger partial charge in [0.05, 0.1) is 25.9 Å². The fourth-order valence-corrected chi connectivity index (χ4v) is 2.77. The quantitative estimate of drug-likeness (QED) is 0.672. The van der Waals surface area contributed by atoms with E-state index in [1.807, 2.05) is 19.2 Å². The number of hydrogen-bond acceptors (Lipinski definition) is 9. The number of anilines is 1. The SMILES string of the molecule is COCCc1noc(CN2CCO[C@@H](CN(C)c3cccnn3)C2)n1. The normalized spacial score (nSPS) is 18.4. The van der Waals surface area contributed by atoms with Crippen molar-refractivity contribution >= 4 is 5.82 Å². The second-order valence-electron chi connectivity index (χ2n) is 6.04. The summed E-state index contributed by atoms with van der Waals surface area (Å²) in [7, 11) is 3.65. The molecule has 1 saturated heterocycles. The third-order valence-corrected chi connectivity index (χ3v) is 4.05. The lowest BCUT2D eigenvalue weighted by molar-refractivity contribution is -0.0292. The van der Waals surface area contributed by atoms with Crippen molar-refractivity contribution in [1.82, 2.24) is 25.2 Å². The molecule has 0 N–H and O–H groups in total. The Morgan fingerprint density at radius 2 is 2.36 bits per heavy atom. The summed E-state index contributed by atoms with van der Waals surface area (Å²) in [6, 6.07) is 3.82. The smallest absolute Gasteiger partial charge is 0.240 e. The van der Waals surface area contributed by atoms with Crippen LogP contribution in [0.5, 0.6) is 0 Å². The Bertz CT molecular complexity index is 638. The molecule has 3 heterocycles. The van der Waals surface area contributed by atoms with Crippen LogP contribution in [0.3, 0.4) is 0 Å². The van der Waals surface area contributed by atoms with Gasteiger partial charge in [-0.25, -0.2) is 0 Å². The highest BCUT2D eigenvalue weighted by Crippen LogP contribution is 2.13. The van der Waals surface area contributed by atoms with Crippen molar-refractivity contribution < 1.29 is 14.0 Å². The zero-order valence-electron chi connectivity index (χ0n) is 14.7. The summed E-state index contributed by atoms with van der Waals surface area (Å²) in [6.45, 7) is 4.31. The molecule has 0 spiro atoms. The van der Waals surface area contributed by atoms with E-state index in [0.29, 0.717) is 37.9 Å². The molecule has 1 aliphatic heterocycles. The summed E-state index contributed by atoms with van der Waals surface area (Å²) < 4.78 is 16.2. The predicted octanol–water partition coefficient (Wildman–Crippen LogP) is 0.386. The zero-order valence-corrected chi connectivity index (χ0v) is 14.7. The first-order valence-corrected chi connectivity index (χ1v) is 8.38. The molecule has 3 rings (SSSR count). The second kappa shape index (κ2) is 8.84. The van der Waals surface area contributed by atoms with Gasteiger partial charge in [-0.1, -0.05) is 5.16 Å². The maximum Gasteiger partial charge on any atom is 0.240 e. The van der Waals surface area contributed by atoms with Crippen molar-refractivity contribution in [3.05, 3.63) is 30.0 Å². The van der Waals surface area contributed by atoms with Crippen molar-refractivity contribution in [2.75, 3.05) is 51.9 Å². The second-order valence-corrected chi connectivity index (χ2v) is 6.04. The van der Waals surface area contributed by atoms with Crippen LogP contribution in [0.4, 0.5) is 5.82 Å². The van der Waals surface area contributed by atoms with Gasteiger partial charge in [0.1, 0.15) is 0 Å². The molecule has 0 aromatic carbocycles. The molecule has 136 valence electrons. The Morgan fingerprint density at radius 1 is 1.44 bits per heavy atom. The predicted molar refractivity (Wildman–Crippen MR) is 90.2 cm³/mol. The largest absolute Gasteiger partial charge is 0.384 e. The van der Waals surface area contributed by atoms with Gasteiger partial charge < -0.3 is 18.9 Å². The fraction of sp³-hybridized carbons (Fsp3) is 0.625. The van der Waals surface area contributed by atoms with Gasteiger partial charge in [-0.3, -0.25) is 4.90 Å². The summed E-state index contributed by atoms with van der Waals surface area (Å²) >= 11 is 0. The number of rotatable bonds is 8. The van der Waals surface area contributed by atoms with E-state index in [1.54, 1.807) is 13.3 Å². The van der Waals surface area contributed by atoms with Gasteiger partial charge in [0.15, 0.2) is 11.6 Å². The first kappa shape index (κ1) is 17.7. The van der Waals surface area contributed by atoms with Gasteiger partial charge in [-0.15, -0.1) is 5.10 Å². The maximum atomic E-state index is 5.88. The van der Waals surface area contributed by atoms with Crippen molar-refractivity contribution in [1.29, 1.82) is 0 Å². The molecule has 25 heavy (non-hydrogen) atoms. The van der Waals surface area contributed by atoms with E-state index in [9.17, 15) is 0 Å². The Labute approximate surface area is 146 Å². The van der Waals surface area contributed by atoms with Gasteiger partial charge in [0, 0.05) is 46.4 Å². The zero-order chi connectivity index (χ0) is 17.5. The average molecular weight is 348 g/mol. The third kappa shape index (κ3) is 5.18. The van der Waals surface area contributed by atoms with E-state index in [-0.39, 0.29) is 6.10 Å². The van der Waals surface area contributed by atoms with Crippen LogP contribution in [0.15, 0.2) is 22.9 Å². The number of methoxy groups -OCH3 is 1. The van der Waals surface area contributed by atoms with Crippen molar-refractivity contribution in [3.63, 3.8) is 0 Å². The highest BCUT2D eigenvalue weighted by atomic mass is 16.5. The molecule has 0 unspecified atom stereocenters.